The van der Waals surface area contributed by atoms with Crippen LogP contribution in [0.1, 0.15) is 12.5 Å². The highest BCUT2D eigenvalue weighted by molar-refractivity contribution is 5.13. The summed E-state index contributed by atoms with van der Waals surface area (Å²) in [4.78, 5) is 0. The lowest BCUT2D eigenvalue weighted by Crippen LogP contribution is -2.12. The van der Waals surface area contributed by atoms with Crippen molar-refractivity contribution in [1.82, 2.24) is 0 Å². The molecule has 1 rings (SSSR count). The van der Waals surface area contributed by atoms with E-state index in [9.17, 15) is 5.11 Å². The molecule has 2 atom stereocenters. The Balaban J connectivity index is 2.22. The molecule has 2 nitrogen and oxygen atoms in total. The first-order chi connectivity index (χ1) is 8.22. The van der Waals surface area contributed by atoms with Crippen molar-refractivity contribution in [3.05, 3.63) is 60.7 Å². The molecule has 0 aliphatic rings. The van der Waals surface area contributed by atoms with Gasteiger partial charge in [-0.25, -0.2) is 0 Å². The lowest BCUT2D eigenvalue weighted by molar-refractivity contribution is 0.0502. The molecule has 0 saturated heterocycles. The summed E-state index contributed by atoms with van der Waals surface area (Å²) in [5, 5.41) is 9.63. The average molecular weight is 232 g/mol. The molecule has 17 heavy (non-hydrogen) atoms. The predicted molar refractivity (Wildman–Crippen MR) is 70.6 cm³/mol. The van der Waals surface area contributed by atoms with Crippen LogP contribution in [0.2, 0.25) is 0 Å². The van der Waals surface area contributed by atoms with Crippen molar-refractivity contribution in [2.75, 3.05) is 6.61 Å². The van der Waals surface area contributed by atoms with Crippen molar-refractivity contribution in [2.45, 2.75) is 19.6 Å². The average Bonchev–Trinajstić information content (AvgIpc) is 2.37. The van der Waals surface area contributed by atoms with Crippen LogP contribution in [0, 0.1) is 5.92 Å². The molecule has 0 radical (unpaired) electrons. The van der Waals surface area contributed by atoms with E-state index in [0.29, 0.717) is 13.2 Å². The summed E-state index contributed by atoms with van der Waals surface area (Å²) >= 11 is 0. The van der Waals surface area contributed by atoms with Crippen LogP contribution < -0.4 is 0 Å². The molecular weight excluding hydrogens is 212 g/mol. The summed E-state index contributed by atoms with van der Waals surface area (Å²) in [7, 11) is 0. The maximum absolute atomic E-state index is 9.63. The van der Waals surface area contributed by atoms with Gasteiger partial charge in [0.2, 0.25) is 0 Å². The molecule has 0 aliphatic heterocycles. The lowest BCUT2D eigenvalue weighted by atomic mass is 10.1. The fourth-order valence-electron chi connectivity index (χ4n) is 1.31. The van der Waals surface area contributed by atoms with Crippen LogP contribution in [0.4, 0.5) is 0 Å². The van der Waals surface area contributed by atoms with Crippen LogP contribution in [0.5, 0.6) is 0 Å². The van der Waals surface area contributed by atoms with E-state index in [0.717, 1.165) is 5.56 Å². The van der Waals surface area contributed by atoms with Gasteiger partial charge in [-0.3, -0.25) is 0 Å². The minimum absolute atomic E-state index is 0.277. The minimum Gasteiger partial charge on any atom is -0.387 e. The topological polar surface area (TPSA) is 29.5 Å². The van der Waals surface area contributed by atoms with Gasteiger partial charge in [-0.15, -0.1) is 6.58 Å². The van der Waals surface area contributed by atoms with E-state index >= 15 is 0 Å². The van der Waals surface area contributed by atoms with E-state index in [4.69, 9.17) is 4.74 Å². The van der Waals surface area contributed by atoms with E-state index in [-0.39, 0.29) is 5.92 Å². The number of ether oxygens (including phenoxy) is 1. The second kappa shape index (κ2) is 7.82. The summed E-state index contributed by atoms with van der Waals surface area (Å²) in [6.07, 6.45) is 4.94. The molecule has 2 heteroatoms. The maximum Gasteiger partial charge on any atom is 0.0954 e. The molecule has 0 aliphatic carbocycles. The van der Waals surface area contributed by atoms with Crippen molar-refractivity contribution in [1.29, 1.82) is 0 Å². The fraction of sp³-hybridized carbons (Fsp3) is 0.333. The van der Waals surface area contributed by atoms with Gasteiger partial charge < -0.3 is 9.84 Å². The summed E-state index contributed by atoms with van der Waals surface area (Å²) in [6, 6.07) is 9.92. The zero-order chi connectivity index (χ0) is 12.5. The SMILES string of the molecule is C=C[C@H](C)/C=C/[C@@H](O)COCc1ccccc1. The van der Waals surface area contributed by atoms with Gasteiger partial charge in [-0.1, -0.05) is 55.5 Å². The number of aliphatic hydroxyl groups excluding tert-OH is 1. The highest BCUT2D eigenvalue weighted by Gasteiger charge is 2.00. The van der Waals surface area contributed by atoms with Crippen molar-refractivity contribution in [2.24, 2.45) is 5.92 Å². The van der Waals surface area contributed by atoms with Gasteiger partial charge in [-0.2, -0.15) is 0 Å². The highest BCUT2D eigenvalue weighted by Crippen LogP contribution is 2.03. The third kappa shape index (κ3) is 6.05. The molecule has 1 N–H and O–H groups in total. The standard InChI is InChI=1S/C15H20O2/c1-3-13(2)9-10-15(16)12-17-11-14-7-5-4-6-8-14/h3-10,13,15-16H,1,11-12H2,2H3/b10-9+/t13-,15+/m0/s1. The Morgan fingerprint density at radius 1 is 1.29 bits per heavy atom. The number of hydrogen-bond acceptors (Lipinski definition) is 2. The third-order valence-corrected chi connectivity index (χ3v) is 2.41. The summed E-state index contributed by atoms with van der Waals surface area (Å²) in [5.74, 6) is 0.277. The molecule has 0 saturated carbocycles. The highest BCUT2D eigenvalue weighted by atomic mass is 16.5. The fourth-order valence-corrected chi connectivity index (χ4v) is 1.31. The quantitative estimate of drug-likeness (QED) is 0.732. The van der Waals surface area contributed by atoms with E-state index in [2.05, 4.69) is 6.58 Å². The number of benzene rings is 1. The van der Waals surface area contributed by atoms with Gasteiger partial charge in [-0.05, 0) is 11.5 Å². The third-order valence-electron chi connectivity index (χ3n) is 2.41. The molecule has 0 spiro atoms. The lowest BCUT2D eigenvalue weighted by Gasteiger charge is -2.08. The second-order valence-corrected chi connectivity index (χ2v) is 4.05. The number of hydrogen-bond donors (Lipinski definition) is 1. The van der Waals surface area contributed by atoms with Crippen LogP contribution in [0.15, 0.2) is 55.1 Å². The predicted octanol–water partition coefficient (Wildman–Crippen LogP) is 2.94. The summed E-state index contributed by atoms with van der Waals surface area (Å²) in [5.41, 5.74) is 1.11. The maximum atomic E-state index is 9.63. The molecule has 0 unspecified atom stereocenters. The van der Waals surface area contributed by atoms with Crippen LogP contribution in [-0.4, -0.2) is 17.8 Å². The molecule has 0 amide bonds. The van der Waals surface area contributed by atoms with E-state index < -0.39 is 6.10 Å². The summed E-state index contributed by atoms with van der Waals surface area (Å²) < 4.78 is 5.42. The molecule has 0 bridgehead atoms. The van der Waals surface area contributed by atoms with Gasteiger partial charge >= 0.3 is 0 Å². The van der Waals surface area contributed by atoms with E-state index in [1.807, 2.05) is 49.4 Å². The molecule has 1 aromatic rings. The Morgan fingerprint density at radius 3 is 2.65 bits per heavy atom. The van der Waals surface area contributed by atoms with E-state index in [1.54, 1.807) is 6.08 Å². The monoisotopic (exact) mass is 232 g/mol. The Kier molecular flexibility index (Phi) is 6.30. The summed E-state index contributed by atoms with van der Waals surface area (Å²) in [6.45, 7) is 6.54. The van der Waals surface area contributed by atoms with Gasteiger partial charge in [0.05, 0.1) is 19.3 Å². The molecule has 0 fully saturated rings. The van der Waals surface area contributed by atoms with Crippen molar-refractivity contribution in [3.63, 3.8) is 0 Å². The molecule has 92 valence electrons. The van der Waals surface area contributed by atoms with Gasteiger partial charge in [0.15, 0.2) is 0 Å². The zero-order valence-corrected chi connectivity index (χ0v) is 10.3. The first-order valence-electron chi connectivity index (χ1n) is 5.83. The van der Waals surface area contributed by atoms with Crippen molar-refractivity contribution < 1.29 is 9.84 Å². The number of aliphatic hydroxyl groups is 1. The molecule has 1 aromatic carbocycles. The minimum atomic E-state index is -0.555. The van der Waals surface area contributed by atoms with Gasteiger partial charge in [0.25, 0.3) is 0 Å². The van der Waals surface area contributed by atoms with Crippen LogP contribution in [0.25, 0.3) is 0 Å². The first kappa shape index (κ1) is 13.7. The van der Waals surface area contributed by atoms with Crippen LogP contribution >= 0.6 is 0 Å². The Labute approximate surface area is 103 Å². The largest absolute Gasteiger partial charge is 0.387 e. The molecular formula is C15H20O2. The Hall–Kier alpha value is -1.38. The number of allylic oxidation sites excluding steroid dienone is 2. The van der Waals surface area contributed by atoms with Crippen LogP contribution in [-0.2, 0) is 11.3 Å². The molecule has 0 aromatic heterocycles. The first-order valence-corrected chi connectivity index (χ1v) is 5.83. The second-order valence-electron chi connectivity index (χ2n) is 4.05. The number of rotatable bonds is 7. The van der Waals surface area contributed by atoms with Crippen LogP contribution in [0.3, 0.4) is 0 Å². The van der Waals surface area contributed by atoms with E-state index in [1.165, 1.54) is 0 Å². The smallest absolute Gasteiger partial charge is 0.0954 e. The van der Waals surface area contributed by atoms with Crippen molar-refractivity contribution >= 4 is 0 Å². The van der Waals surface area contributed by atoms with Gasteiger partial charge in [0, 0.05) is 0 Å². The Morgan fingerprint density at radius 2 is 2.00 bits per heavy atom. The van der Waals surface area contributed by atoms with Crippen molar-refractivity contribution in [3.8, 4) is 0 Å². The normalized spacial score (nSPS) is 14.7. The zero-order valence-electron chi connectivity index (χ0n) is 10.3. The van der Waals surface area contributed by atoms with Gasteiger partial charge in [0.1, 0.15) is 0 Å². The molecule has 0 heterocycles. The Bertz CT molecular complexity index is 343.